The molecule has 0 atom stereocenters. The fourth-order valence-electron chi connectivity index (χ4n) is 2.19. The normalized spacial score (nSPS) is 25.1. The Balaban J connectivity index is 1.67. The molecule has 3 rings (SSSR count). The minimum Gasteiger partial charge on any atom is -0.285 e. The van der Waals surface area contributed by atoms with E-state index in [0.29, 0.717) is 12.0 Å². The molecule has 2 aromatic heterocycles. The minimum absolute atomic E-state index is 0.582. The topological polar surface area (TPSA) is 46.5 Å². The first-order valence-corrected chi connectivity index (χ1v) is 5.32. The fraction of sp³-hybridized carbons (Fsp3) is 0.455. The molecule has 15 heavy (non-hydrogen) atoms. The van der Waals surface area contributed by atoms with Gasteiger partial charge in [-0.05, 0) is 36.8 Å². The van der Waals surface area contributed by atoms with Gasteiger partial charge in [0.1, 0.15) is 0 Å². The van der Waals surface area contributed by atoms with Gasteiger partial charge in [0.25, 0.3) is 0 Å². The molecule has 2 aromatic rings. The molecule has 0 bridgehead atoms. The number of hydrogen-bond donors (Lipinski definition) is 1. The Bertz CT molecular complexity index is 437. The summed E-state index contributed by atoms with van der Waals surface area (Å²) < 4.78 is 2.09. The molecule has 0 amide bonds. The van der Waals surface area contributed by atoms with E-state index in [2.05, 4.69) is 33.1 Å². The first-order valence-electron chi connectivity index (χ1n) is 5.32. The molecule has 78 valence electrons. The highest BCUT2D eigenvalue weighted by Gasteiger charge is 2.32. The Hall–Kier alpha value is -1.58. The number of hydrogen-bond acceptors (Lipinski definition) is 2. The number of nitrogens with one attached hydrogen (secondary N) is 1. The molecule has 0 radical (unpaired) electrons. The molecule has 0 aliphatic heterocycles. The molecule has 1 saturated carbocycles. The maximum absolute atomic E-state index is 4.35. The van der Waals surface area contributed by atoms with E-state index in [-0.39, 0.29) is 0 Å². The summed E-state index contributed by atoms with van der Waals surface area (Å²) in [6.07, 6.45) is 10.3. The first-order chi connectivity index (χ1) is 7.33. The van der Waals surface area contributed by atoms with Crippen molar-refractivity contribution in [2.75, 3.05) is 0 Å². The van der Waals surface area contributed by atoms with Crippen LogP contribution in [0.5, 0.6) is 0 Å². The Kier molecular flexibility index (Phi) is 1.87. The summed E-state index contributed by atoms with van der Waals surface area (Å²) in [5, 5.41) is 11.2. The number of rotatable bonds is 2. The summed E-state index contributed by atoms with van der Waals surface area (Å²) in [6, 6.07) is 0.582. The van der Waals surface area contributed by atoms with Gasteiger partial charge >= 0.3 is 0 Å². The van der Waals surface area contributed by atoms with Gasteiger partial charge < -0.3 is 0 Å². The van der Waals surface area contributed by atoms with Gasteiger partial charge in [-0.25, -0.2) is 0 Å². The molecule has 1 N–H and O–H groups in total. The van der Waals surface area contributed by atoms with Gasteiger partial charge in [-0.3, -0.25) is 9.78 Å². The van der Waals surface area contributed by atoms with Crippen molar-refractivity contribution in [3.8, 4) is 0 Å². The highest BCUT2D eigenvalue weighted by molar-refractivity contribution is 5.15. The predicted octanol–water partition coefficient (Wildman–Crippen LogP) is 2.03. The van der Waals surface area contributed by atoms with Crippen molar-refractivity contribution in [3.05, 3.63) is 35.9 Å². The van der Waals surface area contributed by atoms with Crippen LogP contribution in [0, 0.1) is 6.92 Å². The molecule has 0 spiro atoms. The zero-order chi connectivity index (χ0) is 10.3. The third-order valence-corrected chi connectivity index (χ3v) is 3.21. The summed E-state index contributed by atoms with van der Waals surface area (Å²) in [4.78, 5) is 0. The second-order valence-corrected chi connectivity index (χ2v) is 4.35. The summed E-state index contributed by atoms with van der Waals surface area (Å²) in [6.45, 7) is 2.08. The summed E-state index contributed by atoms with van der Waals surface area (Å²) >= 11 is 0. The largest absolute Gasteiger partial charge is 0.285 e. The maximum Gasteiger partial charge on any atom is 0.0531 e. The predicted molar refractivity (Wildman–Crippen MR) is 56.6 cm³/mol. The monoisotopic (exact) mass is 202 g/mol. The van der Waals surface area contributed by atoms with E-state index in [1.165, 1.54) is 24.0 Å². The van der Waals surface area contributed by atoms with Crippen molar-refractivity contribution in [1.82, 2.24) is 20.0 Å². The van der Waals surface area contributed by atoms with Crippen LogP contribution in [0.15, 0.2) is 24.8 Å². The van der Waals surface area contributed by atoms with Crippen LogP contribution in [0.4, 0.5) is 0 Å². The van der Waals surface area contributed by atoms with Crippen LogP contribution in [0.2, 0.25) is 0 Å². The van der Waals surface area contributed by atoms with Crippen LogP contribution in [0.25, 0.3) is 0 Å². The van der Waals surface area contributed by atoms with Gasteiger partial charge in [0.2, 0.25) is 0 Å². The van der Waals surface area contributed by atoms with Gasteiger partial charge in [0, 0.05) is 12.4 Å². The standard InChI is InChI=1S/C11H14N4/c1-8-4-14-15(7-8)11-2-9(3-11)10-5-12-13-6-10/h4-7,9,11H,2-3H2,1H3,(H,12,13). The van der Waals surface area contributed by atoms with Crippen LogP contribution < -0.4 is 0 Å². The van der Waals surface area contributed by atoms with Crippen LogP contribution >= 0.6 is 0 Å². The molecule has 0 unspecified atom stereocenters. The van der Waals surface area contributed by atoms with Gasteiger partial charge in [0.15, 0.2) is 0 Å². The molecule has 1 aliphatic rings. The fourth-order valence-corrected chi connectivity index (χ4v) is 2.19. The Morgan fingerprint density at radius 3 is 2.87 bits per heavy atom. The zero-order valence-electron chi connectivity index (χ0n) is 8.72. The molecule has 1 aliphatic carbocycles. The highest BCUT2D eigenvalue weighted by Crippen LogP contribution is 2.43. The lowest BCUT2D eigenvalue weighted by atomic mass is 9.77. The summed E-state index contributed by atoms with van der Waals surface area (Å²) in [5.41, 5.74) is 2.57. The molecule has 0 saturated heterocycles. The average molecular weight is 202 g/mol. The lowest BCUT2D eigenvalue weighted by Crippen LogP contribution is -2.25. The van der Waals surface area contributed by atoms with Crippen molar-refractivity contribution < 1.29 is 0 Å². The number of aromatic amines is 1. The van der Waals surface area contributed by atoms with E-state index in [0.717, 1.165) is 0 Å². The summed E-state index contributed by atoms with van der Waals surface area (Å²) in [7, 11) is 0. The quantitative estimate of drug-likeness (QED) is 0.810. The van der Waals surface area contributed by atoms with E-state index >= 15 is 0 Å². The van der Waals surface area contributed by atoms with Crippen LogP contribution in [0.3, 0.4) is 0 Å². The molecule has 2 heterocycles. The van der Waals surface area contributed by atoms with Gasteiger partial charge in [-0.2, -0.15) is 10.2 Å². The van der Waals surface area contributed by atoms with Crippen LogP contribution in [-0.4, -0.2) is 20.0 Å². The number of nitrogens with zero attached hydrogens (tertiary/aromatic N) is 3. The highest BCUT2D eigenvalue weighted by atomic mass is 15.3. The molecule has 0 aromatic carbocycles. The maximum atomic E-state index is 4.35. The van der Waals surface area contributed by atoms with Crippen molar-refractivity contribution in [2.24, 2.45) is 0 Å². The third kappa shape index (κ3) is 1.46. The first kappa shape index (κ1) is 8.71. The van der Waals surface area contributed by atoms with E-state index in [9.17, 15) is 0 Å². The van der Waals surface area contributed by atoms with Crippen LogP contribution in [-0.2, 0) is 0 Å². The number of aryl methyl sites for hydroxylation is 1. The second kappa shape index (κ2) is 3.22. The van der Waals surface area contributed by atoms with Crippen molar-refractivity contribution in [1.29, 1.82) is 0 Å². The molecular formula is C11H14N4. The van der Waals surface area contributed by atoms with E-state index < -0.39 is 0 Å². The molecule has 4 heteroatoms. The average Bonchev–Trinajstić information content (AvgIpc) is 2.74. The lowest BCUT2D eigenvalue weighted by Gasteiger charge is -2.34. The van der Waals surface area contributed by atoms with E-state index in [4.69, 9.17) is 0 Å². The van der Waals surface area contributed by atoms with Crippen molar-refractivity contribution in [2.45, 2.75) is 31.7 Å². The Morgan fingerprint density at radius 2 is 2.27 bits per heavy atom. The Labute approximate surface area is 88.3 Å². The molecule has 1 fully saturated rings. The van der Waals surface area contributed by atoms with Crippen molar-refractivity contribution in [3.63, 3.8) is 0 Å². The second-order valence-electron chi connectivity index (χ2n) is 4.35. The smallest absolute Gasteiger partial charge is 0.0531 e. The number of H-pyrrole nitrogens is 1. The lowest BCUT2D eigenvalue weighted by molar-refractivity contribution is 0.245. The molecule has 4 nitrogen and oxygen atoms in total. The SMILES string of the molecule is Cc1cnn(C2CC(c3cn[nH]c3)C2)c1. The minimum atomic E-state index is 0.582. The molecular weight excluding hydrogens is 188 g/mol. The number of aromatic nitrogens is 4. The van der Waals surface area contributed by atoms with Gasteiger partial charge in [0.05, 0.1) is 18.4 Å². The van der Waals surface area contributed by atoms with Crippen molar-refractivity contribution >= 4 is 0 Å². The van der Waals surface area contributed by atoms with E-state index in [1.807, 2.05) is 18.6 Å². The summed E-state index contributed by atoms with van der Waals surface area (Å²) in [5.74, 6) is 0.665. The van der Waals surface area contributed by atoms with E-state index in [1.54, 1.807) is 0 Å². The van der Waals surface area contributed by atoms with Gasteiger partial charge in [-0.15, -0.1) is 0 Å². The third-order valence-electron chi connectivity index (χ3n) is 3.21. The Morgan fingerprint density at radius 1 is 1.40 bits per heavy atom. The zero-order valence-corrected chi connectivity index (χ0v) is 8.72. The van der Waals surface area contributed by atoms with Gasteiger partial charge in [-0.1, -0.05) is 0 Å². The van der Waals surface area contributed by atoms with Crippen LogP contribution in [0.1, 0.15) is 35.9 Å².